The van der Waals surface area contributed by atoms with Gasteiger partial charge >= 0.3 is 0 Å². The first-order valence-electron chi connectivity index (χ1n) is 8.46. The van der Waals surface area contributed by atoms with Gasteiger partial charge in [0.25, 0.3) is 11.8 Å². The molecule has 6 heteroatoms. The number of imide groups is 1. The number of H-pyrrole nitrogens is 1. The fourth-order valence-corrected chi connectivity index (χ4v) is 4.44. The van der Waals surface area contributed by atoms with Gasteiger partial charge in [0.1, 0.15) is 0 Å². The summed E-state index contributed by atoms with van der Waals surface area (Å²) in [6.45, 7) is 0. The highest BCUT2D eigenvalue weighted by atomic mass is 79.9. The number of amides is 2. The molecule has 0 fully saturated rings. The lowest BCUT2D eigenvalue weighted by Crippen LogP contribution is -2.22. The summed E-state index contributed by atoms with van der Waals surface area (Å²) in [5, 5.41) is 4.38. The summed E-state index contributed by atoms with van der Waals surface area (Å²) < 4.78 is 2.84. The summed E-state index contributed by atoms with van der Waals surface area (Å²) in [5.74, 6) is -0.747. The molecule has 0 bridgehead atoms. The molecule has 0 saturated heterocycles. The molecule has 27 heavy (non-hydrogen) atoms. The number of nitrogens with zero attached hydrogens (tertiary/aromatic N) is 1. The average Bonchev–Trinajstić information content (AvgIpc) is 3.31. The van der Waals surface area contributed by atoms with Gasteiger partial charge in [0.05, 0.1) is 16.7 Å². The van der Waals surface area contributed by atoms with Gasteiger partial charge < -0.3 is 9.55 Å². The van der Waals surface area contributed by atoms with Crippen molar-refractivity contribution in [3.05, 3.63) is 70.5 Å². The summed E-state index contributed by atoms with van der Waals surface area (Å²) in [4.78, 5) is 28.7. The van der Waals surface area contributed by atoms with Gasteiger partial charge in [-0.25, -0.2) is 0 Å². The molecule has 2 aromatic heterocycles. The number of carbonyl (C=O) groups is 2. The molecule has 0 unspecified atom stereocenters. The number of fused-ring (bicyclic) bond motifs is 2. The maximum atomic E-state index is 12.8. The Morgan fingerprint density at radius 3 is 2.48 bits per heavy atom. The molecule has 2 N–H and O–H groups in total. The van der Waals surface area contributed by atoms with Crippen molar-refractivity contribution in [2.24, 2.45) is 7.05 Å². The third-order valence-corrected chi connectivity index (χ3v) is 5.68. The van der Waals surface area contributed by atoms with Gasteiger partial charge in [-0.2, -0.15) is 0 Å². The van der Waals surface area contributed by atoms with E-state index in [1.807, 2.05) is 60.3 Å². The number of nitrogens with one attached hydrogen (secondary N) is 2. The monoisotopic (exact) mass is 419 g/mol. The minimum atomic E-state index is -0.377. The largest absolute Gasteiger partial charge is 0.361 e. The lowest BCUT2D eigenvalue weighted by Gasteiger charge is -2.08. The zero-order valence-corrected chi connectivity index (χ0v) is 15.9. The van der Waals surface area contributed by atoms with E-state index in [0.29, 0.717) is 16.7 Å². The summed E-state index contributed by atoms with van der Waals surface area (Å²) in [5.41, 5.74) is 4.09. The molecule has 2 aromatic carbocycles. The fourth-order valence-electron chi connectivity index (χ4n) is 3.86. The SMILES string of the molecule is Cn1ccc2cccc(C3=C(c4c[nH]c5cccc(Br)c45)C(=O)NC3=O)c21. The number of hydrogen-bond donors (Lipinski definition) is 2. The Hall–Kier alpha value is -3.12. The van der Waals surface area contributed by atoms with Gasteiger partial charge in [-0.1, -0.05) is 40.2 Å². The van der Waals surface area contributed by atoms with Crippen LogP contribution >= 0.6 is 15.9 Å². The number of aromatic nitrogens is 2. The topological polar surface area (TPSA) is 66.9 Å². The number of hydrogen-bond acceptors (Lipinski definition) is 2. The van der Waals surface area contributed by atoms with Crippen molar-refractivity contribution < 1.29 is 9.59 Å². The van der Waals surface area contributed by atoms with Crippen molar-refractivity contribution in [3.8, 4) is 0 Å². The van der Waals surface area contributed by atoms with Crippen molar-refractivity contribution in [2.75, 3.05) is 0 Å². The minimum Gasteiger partial charge on any atom is -0.361 e. The standard InChI is InChI=1S/C21H14BrN3O2/c1-25-9-8-11-4-2-5-12(19(11)25)17-18(21(27)24-20(17)26)13-10-23-15-7-3-6-14(22)16(13)15/h2-10,23H,1H3,(H,24,26,27). The molecule has 1 aliphatic rings. The number of aromatic amines is 1. The third-order valence-electron chi connectivity index (χ3n) is 5.02. The van der Waals surface area contributed by atoms with E-state index in [0.717, 1.165) is 31.8 Å². The lowest BCUT2D eigenvalue weighted by atomic mass is 9.94. The van der Waals surface area contributed by atoms with Crippen LogP contribution in [-0.2, 0) is 16.6 Å². The molecule has 0 aliphatic carbocycles. The predicted octanol–water partition coefficient (Wildman–Crippen LogP) is 3.99. The van der Waals surface area contributed by atoms with Gasteiger partial charge in [0.2, 0.25) is 0 Å². The Morgan fingerprint density at radius 1 is 0.926 bits per heavy atom. The molecule has 1 aliphatic heterocycles. The molecular weight excluding hydrogens is 406 g/mol. The first-order chi connectivity index (χ1) is 13.1. The van der Waals surface area contributed by atoms with E-state index in [-0.39, 0.29) is 11.8 Å². The molecule has 5 nitrogen and oxygen atoms in total. The number of carbonyl (C=O) groups excluding carboxylic acids is 2. The second kappa shape index (κ2) is 5.69. The molecule has 0 spiro atoms. The van der Waals surface area contributed by atoms with E-state index >= 15 is 0 Å². The van der Waals surface area contributed by atoms with Crippen LogP contribution in [0.25, 0.3) is 33.0 Å². The Morgan fingerprint density at radius 2 is 1.67 bits per heavy atom. The molecule has 0 atom stereocenters. The van der Waals surface area contributed by atoms with Crippen molar-refractivity contribution in [1.82, 2.24) is 14.9 Å². The number of para-hydroxylation sites is 1. The lowest BCUT2D eigenvalue weighted by molar-refractivity contribution is -0.122. The van der Waals surface area contributed by atoms with Crippen molar-refractivity contribution >= 4 is 60.7 Å². The number of benzene rings is 2. The Bertz CT molecular complexity index is 1310. The number of rotatable bonds is 2. The predicted molar refractivity (Wildman–Crippen MR) is 109 cm³/mol. The molecule has 4 aromatic rings. The second-order valence-corrected chi connectivity index (χ2v) is 7.42. The molecule has 2 amide bonds. The van der Waals surface area contributed by atoms with Crippen LogP contribution in [0.3, 0.4) is 0 Å². The van der Waals surface area contributed by atoms with E-state index in [4.69, 9.17) is 0 Å². The summed E-state index contributed by atoms with van der Waals surface area (Å²) in [6, 6.07) is 13.6. The van der Waals surface area contributed by atoms with E-state index in [1.165, 1.54) is 0 Å². The van der Waals surface area contributed by atoms with Crippen LogP contribution in [0, 0.1) is 0 Å². The highest BCUT2D eigenvalue weighted by molar-refractivity contribution is 9.10. The van der Waals surface area contributed by atoms with Crippen LogP contribution in [0.15, 0.2) is 59.3 Å². The fraction of sp³-hybridized carbons (Fsp3) is 0.0476. The average molecular weight is 420 g/mol. The van der Waals surface area contributed by atoms with Gasteiger partial charge in [-0.05, 0) is 18.2 Å². The summed E-state index contributed by atoms with van der Waals surface area (Å²) >= 11 is 3.57. The van der Waals surface area contributed by atoms with Crippen LogP contribution in [0.2, 0.25) is 0 Å². The van der Waals surface area contributed by atoms with Crippen LogP contribution in [0.4, 0.5) is 0 Å². The summed E-state index contributed by atoms with van der Waals surface area (Å²) in [6.07, 6.45) is 3.74. The van der Waals surface area contributed by atoms with Crippen molar-refractivity contribution in [2.45, 2.75) is 0 Å². The normalized spacial score (nSPS) is 14.6. The first kappa shape index (κ1) is 16.1. The van der Waals surface area contributed by atoms with E-state index < -0.39 is 0 Å². The van der Waals surface area contributed by atoms with Crippen molar-refractivity contribution in [3.63, 3.8) is 0 Å². The Labute approximate surface area is 162 Å². The third kappa shape index (κ3) is 2.23. The highest BCUT2D eigenvalue weighted by Crippen LogP contribution is 2.39. The van der Waals surface area contributed by atoms with Crippen LogP contribution in [-0.4, -0.2) is 21.4 Å². The van der Waals surface area contributed by atoms with Gasteiger partial charge in [-0.3, -0.25) is 14.9 Å². The highest BCUT2D eigenvalue weighted by Gasteiger charge is 2.34. The van der Waals surface area contributed by atoms with Gasteiger partial charge in [-0.15, -0.1) is 0 Å². The molecule has 5 rings (SSSR count). The number of halogens is 1. The summed E-state index contributed by atoms with van der Waals surface area (Å²) in [7, 11) is 1.93. The van der Waals surface area contributed by atoms with Crippen LogP contribution in [0.5, 0.6) is 0 Å². The Balaban J connectivity index is 1.90. The maximum absolute atomic E-state index is 12.8. The van der Waals surface area contributed by atoms with Gasteiger partial charge in [0.15, 0.2) is 0 Å². The zero-order valence-electron chi connectivity index (χ0n) is 14.3. The second-order valence-electron chi connectivity index (χ2n) is 6.57. The van der Waals surface area contributed by atoms with E-state index in [2.05, 4.69) is 26.2 Å². The zero-order chi connectivity index (χ0) is 18.7. The van der Waals surface area contributed by atoms with Crippen molar-refractivity contribution in [1.29, 1.82) is 0 Å². The molecule has 0 saturated carbocycles. The van der Waals surface area contributed by atoms with E-state index in [9.17, 15) is 9.59 Å². The van der Waals surface area contributed by atoms with Gasteiger partial charge in [0, 0.05) is 51.3 Å². The molecule has 132 valence electrons. The first-order valence-corrected chi connectivity index (χ1v) is 9.26. The molecule has 3 heterocycles. The smallest absolute Gasteiger partial charge is 0.259 e. The van der Waals surface area contributed by atoms with Crippen LogP contribution < -0.4 is 5.32 Å². The maximum Gasteiger partial charge on any atom is 0.259 e. The van der Waals surface area contributed by atoms with E-state index in [1.54, 1.807) is 6.20 Å². The quantitative estimate of drug-likeness (QED) is 0.482. The Kier molecular flexibility index (Phi) is 3.39. The molecule has 0 radical (unpaired) electrons. The number of aryl methyl sites for hydroxylation is 1. The van der Waals surface area contributed by atoms with Crippen LogP contribution in [0.1, 0.15) is 11.1 Å². The molecular formula is C21H14BrN3O2. The minimum absolute atomic E-state index is 0.370.